The van der Waals surface area contributed by atoms with Crippen LogP contribution in [-0.2, 0) is 0 Å². The van der Waals surface area contributed by atoms with Crippen molar-refractivity contribution in [2.24, 2.45) is 5.73 Å². The molecule has 2 nitrogen and oxygen atoms in total. The summed E-state index contributed by atoms with van der Waals surface area (Å²) in [6.07, 6.45) is 5.47. The van der Waals surface area contributed by atoms with Gasteiger partial charge in [-0.1, -0.05) is 6.08 Å². The fourth-order valence-corrected chi connectivity index (χ4v) is 1.29. The molecule has 3 heteroatoms. The number of halogens is 1. The van der Waals surface area contributed by atoms with E-state index in [4.69, 9.17) is 5.73 Å². The Morgan fingerprint density at radius 3 is 2.92 bits per heavy atom. The summed E-state index contributed by atoms with van der Waals surface area (Å²) in [6, 6.07) is 3.92. The number of aromatic nitrogens is 1. The van der Waals surface area contributed by atoms with Crippen LogP contribution in [0.3, 0.4) is 0 Å². The molecule has 0 aromatic carbocycles. The third-order valence-corrected chi connectivity index (χ3v) is 2.28. The number of hydrogen-bond donors (Lipinski definition) is 1. The molecule has 2 N–H and O–H groups in total. The van der Waals surface area contributed by atoms with Crippen molar-refractivity contribution in [1.82, 2.24) is 4.98 Å². The summed E-state index contributed by atoms with van der Waals surface area (Å²) in [6.45, 7) is 3.66. The zero-order chi connectivity index (χ0) is 9.68. The first-order chi connectivity index (χ1) is 6.24. The van der Waals surface area contributed by atoms with Gasteiger partial charge in [0.1, 0.15) is 0 Å². The van der Waals surface area contributed by atoms with Crippen molar-refractivity contribution in [2.45, 2.75) is 18.9 Å². The highest BCUT2D eigenvalue weighted by Crippen LogP contribution is 2.15. The molecule has 0 spiro atoms. The molecule has 1 unspecified atom stereocenters. The predicted molar refractivity (Wildman–Crippen MR) is 58.3 cm³/mol. The van der Waals surface area contributed by atoms with Gasteiger partial charge < -0.3 is 5.73 Å². The van der Waals surface area contributed by atoms with Gasteiger partial charge in [0.15, 0.2) is 0 Å². The van der Waals surface area contributed by atoms with E-state index in [0.29, 0.717) is 0 Å². The van der Waals surface area contributed by atoms with Crippen LogP contribution < -0.4 is 5.73 Å². The molecule has 0 saturated heterocycles. The quantitative estimate of drug-likeness (QED) is 0.823. The van der Waals surface area contributed by atoms with E-state index in [9.17, 15) is 0 Å². The summed E-state index contributed by atoms with van der Waals surface area (Å²) in [5, 5.41) is 0. The van der Waals surface area contributed by atoms with Crippen LogP contribution in [0.1, 0.15) is 24.6 Å². The average Bonchev–Trinajstić information content (AvgIpc) is 2.15. The first-order valence-corrected chi connectivity index (χ1v) is 5.01. The molecular weight excluding hydrogens is 228 g/mol. The Morgan fingerprint density at radius 2 is 2.38 bits per heavy atom. The molecule has 0 fully saturated rings. The second kappa shape index (κ2) is 5.14. The monoisotopic (exact) mass is 240 g/mol. The maximum absolute atomic E-state index is 5.91. The van der Waals surface area contributed by atoms with Crippen LogP contribution in [0.2, 0.25) is 0 Å². The minimum Gasteiger partial charge on any atom is -0.323 e. The van der Waals surface area contributed by atoms with Gasteiger partial charge >= 0.3 is 0 Å². The normalized spacial score (nSPS) is 12.5. The number of hydrogen-bond acceptors (Lipinski definition) is 2. The van der Waals surface area contributed by atoms with Gasteiger partial charge in [0.05, 0.1) is 5.69 Å². The van der Waals surface area contributed by atoms with E-state index < -0.39 is 0 Å². The molecule has 1 aromatic heterocycles. The van der Waals surface area contributed by atoms with E-state index >= 15 is 0 Å². The van der Waals surface area contributed by atoms with Crippen LogP contribution in [0.5, 0.6) is 0 Å². The summed E-state index contributed by atoms with van der Waals surface area (Å²) < 4.78 is 0.979. The number of nitrogens with zero attached hydrogens (tertiary/aromatic N) is 1. The molecule has 0 aliphatic heterocycles. The number of pyridine rings is 1. The Labute approximate surface area is 87.0 Å². The minimum atomic E-state index is 0.0195. The van der Waals surface area contributed by atoms with Gasteiger partial charge in [-0.2, -0.15) is 0 Å². The van der Waals surface area contributed by atoms with Crippen LogP contribution in [-0.4, -0.2) is 4.98 Å². The average molecular weight is 241 g/mol. The summed E-state index contributed by atoms with van der Waals surface area (Å²) in [5.74, 6) is 0. The van der Waals surface area contributed by atoms with Crippen molar-refractivity contribution in [3.8, 4) is 0 Å². The van der Waals surface area contributed by atoms with Crippen LogP contribution in [0.15, 0.2) is 35.5 Å². The number of nitrogens with two attached hydrogens (primary N) is 1. The summed E-state index contributed by atoms with van der Waals surface area (Å²) in [4.78, 5) is 4.22. The molecular formula is C10H13BrN2. The molecule has 0 bridgehead atoms. The lowest BCUT2D eigenvalue weighted by atomic mass is 10.1. The maximum atomic E-state index is 5.91. The molecule has 1 rings (SSSR count). The van der Waals surface area contributed by atoms with Crippen molar-refractivity contribution in [3.05, 3.63) is 41.2 Å². The molecule has 1 heterocycles. The van der Waals surface area contributed by atoms with Crippen LogP contribution in [0.25, 0.3) is 0 Å². The fraction of sp³-hybridized carbons (Fsp3) is 0.300. The Bertz CT molecular complexity index is 269. The molecule has 0 saturated carbocycles. The van der Waals surface area contributed by atoms with Crippen molar-refractivity contribution in [2.75, 3.05) is 0 Å². The van der Waals surface area contributed by atoms with E-state index in [1.54, 1.807) is 6.20 Å². The molecule has 70 valence electrons. The molecule has 0 aliphatic carbocycles. The Kier molecular flexibility index (Phi) is 4.12. The zero-order valence-corrected chi connectivity index (χ0v) is 9.00. The van der Waals surface area contributed by atoms with Gasteiger partial charge in [-0.15, -0.1) is 6.58 Å². The minimum absolute atomic E-state index is 0.0195. The van der Waals surface area contributed by atoms with E-state index in [1.807, 2.05) is 18.2 Å². The third kappa shape index (κ3) is 3.28. The Morgan fingerprint density at radius 1 is 1.62 bits per heavy atom. The van der Waals surface area contributed by atoms with E-state index in [-0.39, 0.29) is 6.04 Å². The lowest BCUT2D eigenvalue weighted by molar-refractivity contribution is 0.642. The van der Waals surface area contributed by atoms with Crippen LogP contribution >= 0.6 is 15.9 Å². The van der Waals surface area contributed by atoms with E-state index in [2.05, 4.69) is 27.5 Å². The molecule has 1 aromatic rings. The molecule has 1 atom stereocenters. The highest BCUT2D eigenvalue weighted by Gasteiger charge is 2.05. The number of rotatable bonds is 4. The lowest BCUT2D eigenvalue weighted by Gasteiger charge is -2.08. The smallest absolute Gasteiger partial charge is 0.0571 e. The SMILES string of the molecule is C=CCCC(N)c1ccc(Br)cn1. The predicted octanol–water partition coefficient (Wildman–Crippen LogP) is 2.81. The standard InChI is InChI=1S/C10H13BrN2/c1-2-3-4-9(12)10-6-5-8(11)7-13-10/h2,5-7,9H,1,3-4,12H2. The van der Waals surface area contributed by atoms with Crippen molar-refractivity contribution >= 4 is 15.9 Å². The highest BCUT2D eigenvalue weighted by molar-refractivity contribution is 9.10. The van der Waals surface area contributed by atoms with E-state index in [1.165, 1.54) is 0 Å². The van der Waals surface area contributed by atoms with Crippen molar-refractivity contribution in [3.63, 3.8) is 0 Å². The van der Waals surface area contributed by atoms with Gasteiger partial charge in [-0.25, -0.2) is 0 Å². The van der Waals surface area contributed by atoms with Crippen molar-refractivity contribution < 1.29 is 0 Å². The van der Waals surface area contributed by atoms with Crippen LogP contribution in [0, 0.1) is 0 Å². The second-order valence-electron chi connectivity index (χ2n) is 2.87. The van der Waals surface area contributed by atoms with Crippen LogP contribution in [0.4, 0.5) is 0 Å². The molecule has 0 radical (unpaired) electrons. The first kappa shape index (κ1) is 10.4. The summed E-state index contributed by atoms with van der Waals surface area (Å²) in [5.41, 5.74) is 6.84. The van der Waals surface area contributed by atoms with Gasteiger partial charge in [-0.05, 0) is 40.9 Å². The number of allylic oxidation sites excluding steroid dienone is 1. The van der Waals surface area contributed by atoms with Gasteiger partial charge in [0.25, 0.3) is 0 Å². The van der Waals surface area contributed by atoms with Gasteiger partial charge in [0, 0.05) is 16.7 Å². The maximum Gasteiger partial charge on any atom is 0.0571 e. The second-order valence-corrected chi connectivity index (χ2v) is 3.79. The van der Waals surface area contributed by atoms with E-state index in [0.717, 1.165) is 23.0 Å². The summed E-state index contributed by atoms with van der Waals surface area (Å²) >= 11 is 3.33. The Balaban J connectivity index is 2.60. The fourth-order valence-electron chi connectivity index (χ4n) is 1.05. The van der Waals surface area contributed by atoms with Crippen molar-refractivity contribution in [1.29, 1.82) is 0 Å². The largest absolute Gasteiger partial charge is 0.323 e. The Hall–Kier alpha value is -0.670. The van der Waals surface area contributed by atoms with Gasteiger partial charge in [-0.3, -0.25) is 4.98 Å². The summed E-state index contributed by atoms with van der Waals surface area (Å²) in [7, 11) is 0. The molecule has 13 heavy (non-hydrogen) atoms. The zero-order valence-electron chi connectivity index (χ0n) is 7.41. The highest BCUT2D eigenvalue weighted by atomic mass is 79.9. The molecule has 0 amide bonds. The molecule has 0 aliphatic rings. The first-order valence-electron chi connectivity index (χ1n) is 4.22. The van der Waals surface area contributed by atoms with Gasteiger partial charge in [0.2, 0.25) is 0 Å². The third-order valence-electron chi connectivity index (χ3n) is 1.81. The topological polar surface area (TPSA) is 38.9 Å². The lowest BCUT2D eigenvalue weighted by Crippen LogP contribution is -2.11.